The van der Waals surface area contributed by atoms with Crippen LogP contribution in [0.25, 0.3) is 0 Å². The number of morpholine rings is 1. The zero-order chi connectivity index (χ0) is 14.7. The van der Waals surface area contributed by atoms with Gasteiger partial charge in [0.15, 0.2) is 0 Å². The van der Waals surface area contributed by atoms with Gasteiger partial charge in [0.1, 0.15) is 5.75 Å². The Kier molecular flexibility index (Phi) is 4.89. The first-order valence-electron chi connectivity index (χ1n) is 6.70. The highest BCUT2D eigenvalue weighted by Crippen LogP contribution is 2.21. The summed E-state index contributed by atoms with van der Waals surface area (Å²) in [5, 5.41) is 0. The van der Waals surface area contributed by atoms with Crippen LogP contribution in [0.1, 0.15) is 22.8 Å². The van der Waals surface area contributed by atoms with Gasteiger partial charge in [-0.15, -0.1) is 11.6 Å². The number of alkyl halides is 1. The summed E-state index contributed by atoms with van der Waals surface area (Å²) in [6, 6.07) is 5.51. The largest absolute Gasteiger partial charge is 0.496 e. The van der Waals surface area contributed by atoms with E-state index in [1.165, 1.54) is 0 Å². The number of carbonyl (C=O) groups excluding carboxylic acids is 1. The lowest BCUT2D eigenvalue weighted by Crippen LogP contribution is -2.49. The maximum atomic E-state index is 12.6. The van der Waals surface area contributed by atoms with Gasteiger partial charge in [-0.1, -0.05) is 6.07 Å². The molecule has 1 heterocycles. The summed E-state index contributed by atoms with van der Waals surface area (Å²) in [5.74, 6) is 1.12. The van der Waals surface area contributed by atoms with E-state index in [9.17, 15) is 4.79 Å². The summed E-state index contributed by atoms with van der Waals surface area (Å²) in [5.41, 5.74) is 1.65. The van der Waals surface area contributed by atoms with Gasteiger partial charge in [-0.2, -0.15) is 0 Å². The first kappa shape index (κ1) is 15.1. The molecule has 0 spiro atoms. The number of benzene rings is 1. The first-order valence-corrected chi connectivity index (χ1v) is 7.24. The SMILES string of the molecule is COc1cc(C(=O)N2CC(C)OC(CCl)C2)ccc1C. The molecule has 20 heavy (non-hydrogen) atoms. The Hall–Kier alpha value is -1.26. The third kappa shape index (κ3) is 3.25. The quantitative estimate of drug-likeness (QED) is 0.805. The van der Waals surface area contributed by atoms with Gasteiger partial charge >= 0.3 is 0 Å². The van der Waals surface area contributed by atoms with Crippen molar-refractivity contribution in [3.63, 3.8) is 0 Å². The fraction of sp³-hybridized carbons (Fsp3) is 0.533. The molecule has 1 saturated heterocycles. The average molecular weight is 298 g/mol. The maximum Gasteiger partial charge on any atom is 0.254 e. The number of hydrogen-bond donors (Lipinski definition) is 0. The van der Waals surface area contributed by atoms with Gasteiger partial charge < -0.3 is 14.4 Å². The van der Waals surface area contributed by atoms with Gasteiger partial charge in [0, 0.05) is 18.7 Å². The summed E-state index contributed by atoms with van der Waals surface area (Å²) in [4.78, 5) is 14.4. The highest BCUT2D eigenvalue weighted by atomic mass is 35.5. The van der Waals surface area contributed by atoms with Crippen LogP contribution < -0.4 is 4.74 Å². The normalized spacial score (nSPS) is 22.7. The number of amides is 1. The molecule has 110 valence electrons. The Labute approximate surface area is 124 Å². The van der Waals surface area contributed by atoms with Crippen molar-refractivity contribution in [2.24, 2.45) is 0 Å². The van der Waals surface area contributed by atoms with Gasteiger partial charge in [0.05, 0.1) is 25.2 Å². The molecule has 2 atom stereocenters. The van der Waals surface area contributed by atoms with Crippen molar-refractivity contribution in [3.8, 4) is 5.75 Å². The smallest absolute Gasteiger partial charge is 0.254 e. The number of nitrogens with zero attached hydrogens (tertiary/aromatic N) is 1. The number of ether oxygens (including phenoxy) is 2. The first-order chi connectivity index (χ1) is 9.55. The number of carbonyl (C=O) groups is 1. The van der Waals surface area contributed by atoms with E-state index < -0.39 is 0 Å². The molecular weight excluding hydrogens is 278 g/mol. The van der Waals surface area contributed by atoms with Crippen molar-refractivity contribution in [1.29, 1.82) is 0 Å². The van der Waals surface area contributed by atoms with Gasteiger partial charge in [-0.05, 0) is 31.5 Å². The minimum Gasteiger partial charge on any atom is -0.496 e. The molecule has 1 amide bonds. The fourth-order valence-electron chi connectivity index (χ4n) is 2.43. The third-order valence-corrected chi connectivity index (χ3v) is 3.78. The monoisotopic (exact) mass is 297 g/mol. The highest BCUT2D eigenvalue weighted by Gasteiger charge is 2.28. The lowest BCUT2D eigenvalue weighted by atomic mass is 10.1. The second-order valence-electron chi connectivity index (χ2n) is 5.12. The van der Waals surface area contributed by atoms with Crippen LogP contribution in [0.4, 0.5) is 0 Å². The molecule has 1 aliphatic heterocycles. The van der Waals surface area contributed by atoms with Crippen molar-refractivity contribution in [2.75, 3.05) is 26.1 Å². The van der Waals surface area contributed by atoms with E-state index in [0.29, 0.717) is 24.5 Å². The number of aryl methyl sites for hydroxylation is 1. The van der Waals surface area contributed by atoms with E-state index in [1.54, 1.807) is 18.1 Å². The van der Waals surface area contributed by atoms with Crippen molar-refractivity contribution in [2.45, 2.75) is 26.1 Å². The van der Waals surface area contributed by atoms with Crippen LogP contribution in [0.3, 0.4) is 0 Å². The topological polar surface area (TPSA) is 38.8 Å². The minimum atomic E-state index is -0.100. The number of halogens is 1. The fourth-order valence-corrected chi connectivity index (χ4v) is 2.60. The molecule has 0 aromatic heterocycles. The maximum absolute atomic E-state index is 12.6. The van der Waals surface area contributed by atoms with Crippen LogP contribution in [-0.4, -0.2) is 49.1 Å². The van der Waals surface area contributed by atoms with Gasteiger partial charge in [-0.3, -0.25) is 4.79 Å². The Morgan fingerprint density at radius 3 is 2.90 bits per heavy atom. The Morgan fingerprint density at radius 2 is 2.25 bits per heavy atom. The van der Waals surface area contributed by atoms with Crippen LogP contribution in [0.2, 0.25) is 0 Å². The highest BCUT2D eigenvalue weighted by molar-refractivity contribution is 6.18. The van der Waals surface area contributed by atoms with Gasteiger partial charge in [-0.25, -0.2) is 0 Å². The molecule has 1 aliphatic rings. The molecule has 0 aliphatic carbocycles. The van der Waals surface area contributed by atoms with E-state index in [0.717, 1.165) is 11.3 Å². The number of methoxy groups -OCH3 is 1. The molecule has 4 nitrogen and oxygen atoms in total. The molecule has 2 unspecified atom stereocenters. The van der Waals surface area contributed by atoms with E-state index >= 15 is 0 Å². The lowest BCUT2D eigenvalue weighted by Gasteiger charge is -2.36. The number of hydrogen-bond acceptors (Lipinski definition) is 3. The molecule has 0 radical (unpaired) electrons. The van der Waals surface area contributed by atoms with E-state index in [2.05, 4.69) is 0 Å². The van der Waals surface area contributed by atoms with Crippen LogP contribution >= 0.6 is 11.6 Å². The van der Waals surface area contributed by atoms with Gasteiger partial charge in [0.2, 0.25) is 0 Å². The second kappa shape index (κ2) is 6.46. The summed E-state index contributed by atoms with van der Waals surface area (Å²) < 4.78 is 10.9. The lowest BCUT2D eigenvalue weighted by molar-refractivity contribution is -0.0570. The Bertz CT molecular complexity index is 492. The molecule has 1 aromatic rings. The van der Waals surface area contributed by atoms with E-state index in [4.69, 9.17) is 21.1 Å². The predicted molar refractivity (Wildman–Crippen MR) is 78.7 cm³/mol. The zero-order valence-corrected chi connectivity index (χ0v) is 12.8. The summed E-state index contributed by atoms with van der Waals surface area (Å²) in [6.07, 6.45) is -0.0968. The Balaban J connectivity index is 2.18. The Morgan fingerprint density at radius 1 is 1.50 bits per heavy atom. The summed E-state index contributed by atoms with van der Waals surface area (Å²) in [7, 11) is 1.61. The van der Waals surface area contributed by atoms with Crippen LogP contribution in [0, 0.1) is 6.92 Å². The van der Waals surface area contributed by atoms with E-state index in [1.807, 2.05) is 26.0 Å². The summed E-state index contributed by atoms with van der Waals surface area (Å²) >= 11 is 5.85. The minimum absolute atomic E-state index is 0.00351. The number of rotatable bonds is 3. The van der Waals surface area contributed by atoms with Crippen molar-refractivity contribution in [1.82, 2.24) is 4.90 Å². The molecule has 1 fully saturated rings. The summed E-state index contributed by atoms with van der Waals surface area (Å²) in [6.45, 7) is 5.02. The van der Waals surface area contributed by atoms with Crippen LogP contribution in [0.5, 0.6) is 5.75 Å². The molecule has 0 N–H and O–H groups in total. The van der Waals surface area contributed by atoms with Crippen LogP contribution in [-0.2, 0) is 4.74 Å². The predicted octanol–water partition coefficient (Wildman–Crippen LogP) is 2.47. The molecule has 1 aromatic carbocycles. The molecule has 0 bridgehead atoms. The average Bonchev–Trinajstić information content (AvgIpc) is 2.46. The molecular formula is C15H20ClNO3. The second-order valence-corrected chi connectivity index (χ2v) is 5.43. The van der Waals surface area contributed by atoms with Crippen LogP contribution in [0.15, 0.2) is 18.2 Å². The molecule has 5 heteroatoms. The zero-order valence-electron chi connectivity index (χ0n) is 12.1. The van der Waals surface area contributed by atoms with E-state index in [-0.39, 0.29) is 18.1 Å². The molecule has 2 rings (SSSR count). The third-order valence-electron chi connectivity index (χ3n) is 3.44. The van der Waals surface area contributed by atoms with Crippen molar-refractivity contribution in [3.05, 3.63) is 29.3 Å². The van der Waals surface area contributed by atoms with Crippen molar-refractivity contribution < 1.29 is 14.3 Å². The standard InChI is InChI=1S/C15H20ClNO3/c1-10-4-5-12(6-14(10)19-3)15(18)17-8-11(2)20-13(7-16)9-17/h4-6,11,13H,7-9H2,1-3H3. The van der Waals surface area contributed by atoms with Gasteiger partial charge in [0.25, 0.3) is 5.91 Å². The van der Waals surface area contributed by atoms with Crippen molar-refractivity contribution >= 4 is 17.5 Å². The molecule has 0 saturated carbocycles.